The van der Waals surface area contributed by atoms with Gasteiger partial charge >= 0.3 is 0 Å². The fourth-order valence-electron chi connectivity index (χ4n) is 4.38. The van der Waals surface area contributed by atoms with E-state index in [1.165, 1.54) is 10.6 Å². The van der Waals surface area contributed by atoms with Gasteiger partial charge in [0, 0.05) is 37.9 Å². The van der Waals surface area contributed by atoms with E-state index < -0.39 is 10.0 Å². The minimum atomic E-state index is -3.62. The van der Waals surface area contributed by atoms with Crippen molar-refractivity contribution in [2.45, 2.75) is 24.7 Å². The van der Waals surface area contributed by atoms with Crippen LogP contribution < -0.4 is 14.4 Å². The zero-order valence-electron chi connectivity index (χ0n) is 20.9. The predicted octanol–water partition coefficient (Wildman–Crippen LogP) is 3.49. The molecule has 1 fully saturated rings. The van der Waals surface area contributed by atoms with Gasteiger partial charge in [-0.3, -0.25) is 0 Å². The average molecular weight is 523 g/mol. The Labute approximate surface area is 216 Å². The third-order valence-electron chi connectivity index (χ3n) is 6.45. The largest absolute Gasteiger partial charge is 0.497 e. The van der Waals surface area contributed by atoms with Gasteiger partial charge in [-0.1, -0.05) is 25.5 Å². The van der Waals surface area contributed by atoms with E-state index >= 15 is 0 Å². The predicted molar refractivity (Wildman–Crippen MR) is 141 cm³/mol. The molecule has 0 atom stereocenters. The molecule has 0 spiro atoms. The minimum absolute atomic E-state index is 0.269. The number of aromatic nitrogens is 4. The Bertz CT molecular complexity index is 1450. The molecule has 5 rings (SSSR count). The normalized spacial score (nSPS) is 14.7. The number of hydrogen-bond acceptors (Lipinski definition) is 8. The van der Waals surface area contributed by atoms with Crippen LogP contribution in [0.5, 0.6) is 11.5 Å². The lowest BCUT2D eigenvalue weighted by Gasteiger charge is -2.36. The molecule has 10 nitrogen and oxygen atoms in total. The maximum atomic E-state index is 13.3. The third-order valence-corrected chi connectivity index (χ3v) is 8.36. The summed E-state index contributed by atoms with van der Waals surface area (Å²) in [6, 6.07) is 14.4. The molecule has 0 amide bonds. The summed E-state index contributed by atoms with van der Waals surface area (Å²) in [5, 5.41) is 4.40. The number of fused-ring (bicyclic) bond motifs is 1. The van der Waals surface area contributed by atoms with Gasteiger partial charge in [0.2, 0.25) is 10.0 Å². The van der Waals surface area contributed by atoms with Gasteiger partial charge in [-0.2, -0.15) is 18.9 Å². The standard InChI is InChI=1S/C26H30N6O4S/c1-3-4-17-36-22-9-11-23(12-10-22)37(33,34)31-15-13-30(14-16-31)25-24(18-27-26-28-19-29-32(25)26)20-5-7-21(35-2)8-6-20/h5-12,18-19H,3-4,13-17H2,1-2H3. The number of nitrogens with zero attached hydrogens (tertiary/aromatic N) is 6. The summed E-state index contributed by atoms with van der Waals surface area (Å²) in [6.07, 6.45) is 5.26. The van der Waals surface area contributed by atoms with Gasteiger partial charge in [-0.05, 0) is 48.4 Å². The molecule has 0 aliphatic carbocycles. The van der Waals surface area contributed by atoms with Crippen LogP contribution in [0.3, 0.4) is 0 Å². The zero-order valence-corrected chi connectivity index (χ0v) is 21.8. The van der Waals surface area contributed by atoms with E-state index in [0.717, 1.165) is 35.5 Å². The Morgan fingerprint density at radius 2 is 1.62 bits per heavy atom. The summed E-state index contributed by atoms with van der Waals surface area (Å²) < 4.78 is 40.9. The first kappa shape index (κ1) is 25.0. The van der Waals surface area contributed by atoms with Gasteiger partial charge in [-0.15, -0.1) is 0 Å². The van der Waals surface area contributed by atoms with E-state index in [4.69, 9.17) is 9.47 Å². The van der Waals surface area contributed by atoms with Gasteiger partial charge in [0.25, 0.3) is 5.78 Å². The van der Waals surface area contributed by atoms with Crippen molar-refractivity contribution in [3.8, 4) is 22.6 Å². The molecular formula is C26H30N6O4S. The van der Waals surface area contributed by atoms with Gasteiger partial charge in [0.1, 0.15) is 23.6 Å². The number of unbranched alkanes of at least 4 members (excludes halogenated alkanes) is 1. The molecule has 0 bridgehead atoms. The molecule has 0 radical (unpaired) electrons. The highest BCUT2D eigenvalue weighted by Crippen LogP contribution is 2.32. The fourth-order valence-corrected chi connectivity index (χ4v) is 5.80. The molecule has 0 saturated carbocycles. The Hall–Kier alpha value is -3.70. The maximum Gasteiger partial charge on any atom is 0.254 e. The molecule has 37 heavy (non-hydrogen) atoms. The highest BCUT2D eigenvalue weighted by Gasteiger charge is 2.30. The van der Waals surface area contributed by atoms with Gasteiger partial charge < -0.3 is 14.4 Å². The van der Waals surface area contributed by atoms with E-state index in [1.54, 1.807) is 42.1 Å². The highest BCUT2D eigenvalue weighted by atomic mass is 32.2. The number of piperazine rings is 1. The van der Waals surface area contributed by atoms with Crippen molar-refractivity contribution in [1.29, 1.82) is 0 Å². The van der Waals surface area contributed by atoms with Crippen LogP contribution >= 0.6 is 0 Å². The Kier molecular flexibility index (Phi) is 7.24. The smallest absolute Gasteiger partial charge is 0.254 e. The minimum Gasteiger partial charge on any atom is -0.497 e. The third kappa shape index (κ3) is 5.09. The molecule has 1 aliphatic rings. The van der Waals surface area contributed by atoms with Crippen molar-refractivity contribution in [2.24, 2.45) is 0 Å². The van der Waals surface area contributed by atoms with Crippen LogP contribution in [0.25, 0.3) is 16.9 Å². The first-order valence-corrected chi connectivity index (χ1v) is 13.8. The van der Waals surface area contributed by atoms with E-state index in [1.807, 2.05) is 24.3 Å². The molecule has 3 heterocycles. The van der Waals surface area contributed by atoms with Gasteiger partial charge in [0.05, 0.1) is 18.6 Å². The van der Waals surface area contributed by atoms with Crippen LogP contribution in [-0.2, 0) is 10.0 Å². The van der Waals surface area contributed by atoms with Crippen molar-refractivity contribution < 1.29 is 17.9 Å². The van der Waals surface area contributed by atoms with E-state index in [0.29, 0.717) is 44.3 Å². The van der Waals surface area contributed by atoms with E-state index in [2.05, 4.69) is 26.9 Å². The molecule has 0 N–H and O–H groups in total. The second-order valence-electron chi connectivity index (χ2n) is 8.76. The van der Waals surface area contributed by atoms with Crippen molar-refractivity contribution >= 4 is 21.6 Å². The second kappa shape index (κ2) is 10.7. The fraction of sp³-hybridized carbons (Fsp3) is 0.346. The lowest BCUT2D eigenvalue weighted by Crippen LogP contribution is -2.49. The lowest BCUT2D eigenvalue weighted by molar-refractivity contribution is 0.309. The summed E-state index contributed by atoms with van der Waals surface area (Å²) >= 11 is 0. The summed E-state index contributed by atoms with van der Waals surface area (Å²) in [4.78, 5) is 11.1. The summed E-state index contributed by atoms with van der Waals surface area (Å²) in [7, 11) is -1.99. The number of hydrogen-bond donors (Lipinski definition) is 0. The van der Waals surface area contributed by atoms with Crippen LogP contribution in [0.2, 0.25) is 0 Å². The Morgan fingerprint density at radius 3 is 2.30 bits per heavy atom. The first-order chi connectivity index (χ1) is 18.0. The summed E-state index contributed by atoms with van der Waals surface area (Å²) in [6.45, 7) is 4.41. The van der Waals surface area contributed by atoms with Crippen LogP contribution in [0, 0.1) is 0 Å². The van der Waals surface area contributed by atoms with Gasteiger partial charge in [0.15, 0.2) is 0 Å². The highest BCUT2D eigenvalue weighted by molar-refractivity contribution is 7.89. The molecule has 11 heteroatoms. The second-order valence-corrected chi connectivity index (χ2v) is 10.7. The summed E-state index contributed by atoms with van der Waals surface area (Å²) in [5.41, 5.74) is 1.84. The topological polar surface area (TPSA) is 102 Å². The molecule has 2 aromatic carbocycles. The van der Waals surface area contributed by atoms with Crippen molar-refractivity contribution in [3.05, 3.63) is 61.1 Å². The van der Waals surface area contributed by atoms with Crippen LogP contribution in [0.1, 0.15) is 19.8 Å². The Balaban J connectivity index is 1.36. The zero-order chi connectivity index (χ0) is 25.8. The van der Waals surface area contributed by atoms with Gasteiger partial charge in [-0.25, -0.2) is 13.4 Å². The lowest BCUT2D eigenvalue weighted by atomic mass is 10.1. The van der Waals surface area contributed by atoms with E-state index in [9.17, 15) is 8.42 Å². The molecule has 0 unspecified atom stereocenters. The molecule has 194 valence electrons. The SMILES string of the molecule is CCCCOc1ccc(S(=O)(=O)N2CCN(c3c(-c4ccc(OC)cc4)cnc4ncnn34)CC2)cc1. The number of rotatable bonds is 9. The monoisotopic (exact) mass is 522 g/mol. The average Bonchev–Trinajstić information content (AvgIpc) is 3.42. The number of methoxy groups -OCH3 is 1. The molecule has 1 aliphatic heterocycles. The Morgan fingerprint density at radius 1 is 0.919 bits per heavy atom. The van der Waals surface area contributed by atoms with Crippen LogP contribution in [-0.4, -0.2) is 72.2 Å². The van der Waals surface area contributed by atoms with Crippen molar-refractivity contribution in [3.63, 3.8) is 0 Å². The van der Waals surface area contributed by atoms with Crippen molar-refractivity contribution in [1.82, 2.24) is 23.9 Å². The maximum absolute atomic E-state index is 13.3. The molecule has 4 aromatic rings. The molecular weight excluding hydrogens is 492 g/mol. The van der Waals surface area contributed by atoms with E-state index in [-0.39, 0.29) is 4.90 Å². The number of anilines is 1. The summed E-state index contributed by atoms with van der Waals surface area (Å²) in [5.74, 6) is 2.76. The van der Waals surface area contributed by atoms with Crippen LogP contribution in [0.4, 0.5) is 5.82 Å². The number of sulfonamides is 1. The van der Waals surface area contributed by atoms with Crippen molar-refractivity contribution in [2.75, 3.05) is 44.8 Å². The first-order valence-electron chi connectivity index (χ1n) is 12.3. The molecule has 2 aromatic heterocycles. The number of benzene rings is 2. The van der Waals surface area contributed by atoms with Crippen LogP contribution in [0.15, 0.2) is 66.0 Å². The quantitative estimate of drug-likeness (QED) is 0.308. The number of ether oxygens (including phenoxy) is 2. The molecule has 1 saturated heterocycles.